The summed E-state index contributed by atoms with van der Waals surface area (Å²) >= 11 is 0. The Morgan fingerprint density at radius 1 is 1.00 bits per heavy atom. The molecular weight excluding hydrogens is 144 g/mol. The average Bonchev–Trinajstić information content (AvgIpc) is 2.45. The number of fused-ring (bicyclic) bond motifs is 2. The van der Waals surface area contributed by atoms with Crippen molar-refractivity contribution in [2.75, 3.05) is 0 Å². The van der Waals surface area contributed by atoms with Gasteiger partial charge in [0.2, 0.25) is 0 Å². The van der Waals surface area contributed by atoms with Gasteiger partial charge in [-0.15, -0.1) is 0 Å². The molecule has 2 rings (SSSR count). The Labute approximate surface area is 66.0 Å². The quantitative estimate of drug-likeness (QED) is 0.569. The summed E-state index contributed by atoms with van der Waals surface area (Å²) < 4.78 is 0. The third-order valence-electron chi connectivity index (χ3n) is 2.63. The molecule has 0 radical (unpaired) electrons. The van der Waals surface area contributed by atoms with E-state index < -0.39 is 6.16 Å². The van der Waals surface area contributed by atoms with Gasteiger partial charge in [0.1, 0.15) is 0 Å². The second kappa shape index (κ2) is 3.60. The molecule has 64 valence electrons. The van der Waals surface area contributed by atoms with Crippen LogP contribution in [-0.4, -0.2) is 16.4 Å². The van der Waals surface area contributed by atoms with E-state index >= 15 is 0 Å². The van der Waals surface area contributed by atoms with Crippen LogP contribution in [0, 0.1) is 11.8 Å². The van der Waals surface area contributed by atoms with Gasteiger partial charge in [-0.1, -0.05) is 25.7 Å². The Bertz CT molecular complexity index is 122. The smallest absolute Gasteiger partial charge is 0.450 e. The summed E-state index contributed by atoms with van der Waals surface area (Å²) in [5.74, 6) is 2.34. The first-order chi connectivity index (χ1) is 5.18. The summed E-state index contributed by atoms with van der Waals surface area (Å²) in [5.41, 5.74) is 0. The molecule has 0 aliphatic heterocycles. The van der Waals surface area contributed by atoms with Crippen LogP contribution in [-0.2, 0) is 0 Å². The number of rotatable bonds is 0. The summed E-state index contributed by atoms with van der Waals surface area (Å²) in [7, 11) is 0. The molecule has 0 atom stereocenters. The molecule has 0 aromatic heterocycles. The Morgan fingerprint density at radius 2 is 1.27 bits per heavy atom. The Balaban J connectivity index is 0.000000134. The van der Waals surface area contributed by atoms with Crippen molar-refractivity contribution >= 4 is 6.16 Å². The van der Waals surface area contributed by atoms with E-state index in [0.29, 0.717) is 0 Å². The molecule has 2 N–H and O–H groups in total. The number of hydrogen-bond acceptors (Lipinski definition) is 1. The lowest BCUT2D eigenvalue weighted by molar-refractivity contribution is 0.137. The maximum absolute atomic E-state index is 8.56. The molecule has 0 saturated heterocycles. The molecule has 2 aliphatic rings. The van der Waals surface area contributed by atoms with Gasteiger partial charge in [-0.2, -0.15) is 0 Å². The molecule has 0 aromatic rings. The van der Waals surface area contributed by atoms with E-state index in [-0.39, 0.29) is 0 Å². The minimum absolute atomic E-state index is 1.17. The Kier molecular flexibility index (Phi) is 2.74. The van der Waals surface area contributed by atoms with Crippen LogP contribution < -0.4 is 0 Å². The highest BCUT2D eigenvalue weighted by molar-refractivity contribution is 5.53. The largest absolute Gasteiger partial charge is 0.503 e. The number of hydrogen-bond donors (Lipinski definition) is 2. The van der Waals surface area contributed by atoms with Crippen molar-refractivity contribution in [1.29, 1.82) is 0 Å². The third kappa shape index (κ3) is 2.78. The highest BCUT2D eigenvalue weighted by Crippen LogP contribution is 2.43. The summed E-state index contributed by atoms with van der Waals surface area (Å²) in [4.78, 5) is 8.56. The van der Waals surface area contributed by atoms with Crippen LogP contribution in [0.4, 0.5) is 4.79 Å². The average molecular weight is 158 g/mol. The van der Waals surface area contributed by atoms with Crippen molar-refractivity contribution < 1.29 is 15.0 Å². The van der Waals surface area contributed by atoms with Crippen LogP contribution in [0.5, 0.6) is 0 Å². The van der Waals surface area contributed by atoms with E-state index in [1.54, 1.807) is 32.1 Å². The molecule has 2 bridgehead atoms. The lowest BCUT2D eigenvalue weighted by Crippen LogP contribution is -1.90. The van der Waals surface area contributed by atoms with E-state index in [2.05, 4.69) is 0 Å². The molecule has 3 nitrogen and oxygen atoms in total. The first kappa shape index (κ1) is 8.37. The molecule has 2 fully saturated rings. The first-order valence-corrected chi connectivity index (χ1v) is 4.10. The van der Waals surface area contributed by atoms with Crippen LogP contribution >= 0.6 is 0 Å². The van der Waals surface area contributed by atoms with Crippen LogP contribution in [0.1, 0.15) is 32.1 Å². The minimum Gasteiger partial charge on any atom is -0.450 e. The predicted molar refractivity (Wildman–Crippen MR) is 40.7 cm³/mol. The van der Waals surface area contributed by atoms with E-state index in [9.17, 15) is 0 Å². The van der Waals surface area contributed by atoms with Crippen LogP contribution in [0.3, 0.4) is 0 Å². The standard InChI is InChI=1S/C7H12.CH2O3/c1-2-7-4-3-6(1)5-7;2-1(3)4/h6-7H,1-5H2;(H2,2,3,4). The van der Waals surface area contributed by atoms with E-state index in [1.807, 2.05) is 0 Å². The molecule has 0 spiro atoms. The molecular formula is C8H14O3. The highest BCUT2D eigenvalue weighted by Gasteiger charge is 2.30. The molecule has 11 heavy (non-hydrogen) atoms. The Morgan fingerprint density at radius 3 is 1.36 bits per heavy atom. The summed E-state index contributed by atoms with van der Waals surface area (Å²) in [5, 5.41) is 13.9. The van der Waals surface area contributed by atoms with E-state index in [1.165, 1.54) is 11.8 Å². The zero-order valence-corrected chi connectivity index (χ0v) is 6.49. The van der Waals surface area contributed by atoms with Crippen molar-refractivity contribution in [2.24, 2.45) is 11.8 Å². The van der Waals surface area contributed by atoms with Crippen molar-refractivity contribution in [1.82, 2.24) is 0 Å². The summed E-state index contributed by atoms with van der Waals surface area (Å²) in [6.07, 6.45) is 5.99. The molecule has 2 aliphatic carbocycles. The molecule has 2 saturated carbocycles. The SMILES string of the molecule is C1CC2CCC1C2.O=C(O)O. The second-order valence-corrected chi connectivity index (χ2v) is 3.41. The molecule has 0 aromatic carbocycles. The lowest BCUT2D eigenvalue weighted by atomic mass is 10.0. The third-order valence-corrected chi connectivity index (χ3v) is 2.63. The second-order valence-electron chi connectivity index (χ2n) is 3.41. The first-order valence-electron chi connectivity index (χ1n) is 4.10. The van der Waals surface area contributed by atoms with Gasteiger partial charge in [0.15, 0.2) is 0 Å². The van der Waals surface area contributed by atoms with Gasteiger partial charge in [0.25, 0.3) is 0 Å². The van der Waals surface area contributed by atoms with E-state index in [4.69, 9.17) is 15.0 Å². The van der Waals surface area contributed by atoms with Gasteiger partial charge in [0, 0.05) is 0 Å². The Hall–Kier alpha value is -0.730. The maximum Gasteiger partial charge on any atom is 0.503 e. The number of carbonyl (C=O) groups is 1. The highest BCUT2D eigenvalue weighted by atomic mass is 16.6. The van der Waals surface area contributed by atoms with Crippen molar-refractivity contribution in [3.8, 4) is 0 Å². The van der Waals surface area contributed by atoms with Crippen LogP contribution in [0.25, 0.3) is 0 Å². The van der Waals surface area contributed by atoms with Crippen molar-refractivity contribution in [3.05, 3.63) is 0 Å². The minimum atomic E-state index is -1.83. The van der Waals surface area contributed by atoms with Gasteiger partial charge in [0.05, 0.1) is 0 Å². The normalized spacial score (nSPS) is 32.7. The maximum atomic E-state index is 8.56. The summed E-state index contributed by atoms with van der Waals surface area (Å²) in [6, 6.07) is 0. The van der Waals surface area contributed by atoms with E-state index in [0.717, 1.165) is 0 Å². The van der Waals surface area contributed by atoms with Gasteiger partial charge >= 0.3 is 6.16 Å². The molecule has 0 amide bonds. The molecule has 0 unspecified atom stereocenters. The van der Waals surface area contributed by atoms with Crippen molar-refractivity contribution in [2.45, 2.75) is 32.1 Å². The predicted octanol–water partition coefficient (Wildman–Crippen LogP) is 2.42. The molecule has 0 heterocycles. The number of carboxylic acid groups (broad SMARTS) is 2. The monoisotopic (exact) mass is 158 g/mol. The fourth-order valence-corrected chi connectivity index (χ4v) is 2.17. The van der Waals surface area contributed by atoms with Gasteiger partial charge < -0.3 is 10.2 Å². The van der Waals surface area contributed by atoms with Gasteiger partial charge in [-0.05, 0) is 18.3 Å². The van der Waals surface area contributed by atoms with Gasteiger partial charge in [-0.3, -0.25) is 0 Å². The van der Waals surface area contributed by atoms with Gasteiger partial charge in [-0.25, -0.2) is 4.79 Å². The lowest BCUT2D eigenvalue weighted by Gasteiger charge is -2.05. The fraction of sp³-hybridized carbons (Fsp3) is 0.875. The zero-order valence-electron chi connectivity index (χ0n) is 6.49. The fourth-order valence-electron chi connectivity index (χ4n) is 2.17. The molecule has 3 heteroatoms. The summed E-state index contributed by atoms with van der Waals surface area (Å²) in [6.45, 7) is 0. The van der Waals surface area contributed by atoms with Crippen LogP contribution in [0.2, 0.25) is 0 Å². The zero-order chi connectivity index (χ0) is 8.27. The topological polar surface area (TPSA) is 57.5 Å². The van der Waals surface area contributed by atoms with Crippen LogP contribution in [0.15, 0.2) is 0 Å². The van der Waals surface area contributed by atoms with Crippen molar-refractivity contribution in [3.63, 3.8) is 0 Å².